The van der Waals surface area contributed by atoms with E-state index in [4.69, 9.17) is 5.73 Å². The molecule has 1 aromatic heterocycles. The van der Waals surface area contributed by atoms with Gasteiger partial charge in [0.15, 0.2) is 5.03 Å². The first-order chi connectivity index (χ1) is 9.08. The van der Waals surface area contributed by atoms with E-state index >= 15 is 0 Å². The fourth-order valence-electron chi connectivity index (χ4n) is 2.10. The van der Waals surface area contributed by atoms with E-state index in [1.807, 2.05) is 0 Å². The predicted molar refractivity (Wildman–Crippen MR) is 75.0 cm³/mol. The summed E-state index contributed by atoms with van der Waals surface area (Å²) in [4.78, 5) is 3.83. The zero-order valence-corrected chi connectivity index (χ0v) is 11.6. The maximum absolute atomic E-state index is 12.0. The van der Waals surface area contributed by atoms with Crippen molar-refractivity contribution in [3.05, 3.63) is 30.0 Å². The number of pyridine rings is 1. The molecule has 1 aliphatic carbocycles. The van der Waals surface area contributed by atoms with Crippen LogP contribution < -0.4 is 10.5 Å². The fourth-order valence-corrected chi connectivity index (χ4v) is 3.06. The van der Waals surface area contributed by atoms with Crippen LogP contribution in [0.3, 0.4) is 0 Å². The fraction of sp³-hybridized carbons (Fsp3) is 0.462. The van der Waals surface area contributed by atoms with Crippen molar-refractivity contribution in [3.63, 3.8) is 0 Å². The Bertz CT molecular complexity index is 550. The van der Waals surface area contributed by atoms with Gasteiger partial charge in [0, 0.05) is 6.54 Å². The Morgan fingerprint density at radius 3 is 2.79 bits per heavy atom. The van der Waals surface area contributed by atoms with Gasteiger partial charge >= 0.3 is 0 Å². The molecular weight excluding hydrogens is 262 g/mol. The van der Waals surface area contributed by atoms with E-state index < -0.39 is 10.0 Å². The van der Waals surface area contributed by atoms with Crippen LogP contribution in [0.25, 0.3) is 0 Å². The summed E-state index contributed by atoms with van der Waals surface area (Å²) in [5, 5.41) is 0.0133. The molecule has 3 N–H and O–H groups in total. The van der Waals surface area contributed by atoms with E-state index in [1.165, 1.54) is 36.7 Å². The molecule has 0 aliphatic heterocycles. The molecule has 0 radical (unpaired) electrons. The van der Waals surface area contributed by atoms with Gasteiger partial charge in [0.05, 0.1) is 11.9 Å². The minimum atomic E-state index is -3.52. The minimum absolute atomic E-state index is 0.0133. The third kappa shape index (κ3) is 4.04. The van der Waals surface area contributed by atoms with Crippen LogP contribution in [-0.2, 0) is 10.0 Å². The smallest absolute Gasteiger partial charge is 0.258 e. The number of nitrogens with two attached hydrogens (primary N) is 1. The van der Waals surface area contributed by atoms with Gasteiger partial charge in [0.2, 0.25) is 0 Å². The lowest BCUT2D eigenvalue weighted by molar-refractivity contribution is 0.575. The highest BCUT2D eigenvalue weighted by Gasteiger charge is 2.15. The Morgan fingerprint density at radius 1 is 1.32 bits per heavy atom. The number of nitrogens with one attached hydrogen (secondary N) is 1. The highest BCUT2D eigenvalue weighted by molar-refractivity contribution is 7.89. The molecule has 1 aliphatic rings. The Labute approximate surface area is 114 Å². The first-order valence-corrected chi connectivity index (χ1v) is 7.95. The number of nitrogens with zero attached hydrogens (tertiary/aromatic N) is 1. The molecule has 104 valence electrons. The van der Waals surface area contributed by atoms with E-state index in [1.54, 1.807) is 0 Å². The Morgan fingerprint density at radius 2 is 2.16 bits per heavy atom. The summed E-state index contributed by atoms with van der Waals surface area (Å²) < 4.78 is 26.5. The number of anilines is 1. The molecule has 0 bridgehead atoms. The van der Waals surface area contributed by atoms with Gasteiger partial charge in [-0.3, -0.25) is 0 Å². The molecule has 0 fully saturated rings. The summed E-state index contributed by atoms with van der Waals surface area (Å²) in [5.74, 6) is 0. The molecule has 0 unspecified atom stereocenters. The first-order valence-electron chi connectivity index (χ1n) is 6.47. The number of allylic oxidation sites excluding steroid dienone is 1. The van der Waals surface area contributed by atoms with Crippen molar-refractivity contribution in [2.24, 2.45) is 0 Å². The Kier molecular flexibility index (Phi) is 4.55. The van der Waals surface area contributed by atoms with Crippen LogP contribution in [0.5, 0.6) is 0 Å². The second-order valence-corrected chi connectivity index (χ2v) is 6.40. The molecule has 0 amide bonds. The van der Waals surface area contributed by atoms with Gasteiger partial charge in [-0.2, -0.15) is 0 Å². The number of hydrogen-bond donors (Lipinski definition) is 2. The van der Waals surface area contributed by atoms with Gasteiger partial charge in [-0.25, -0.2) is 18.1 Å². The SMILES string of the molecule is Nc1ccc(S(=O)(=O)NCCC2=CCCCC2)nc1. The molecule has 19 heavy (non-hydrogen) atoms. The molecule has 5 nitrogen and oxygen atoms in total. The average Bonchev–Trinajstić information content (AvgIpc) is 2.40. The summed E-state index contributed by atoms with van der Waals surface area (Å²) in [5.41, 5.74) is 7.28. The van der Waals surface area contributed by atoms with Crippen molar-refractivity contribution in [1.29, 1.82) is 0 Å². The third-order valence-electron chi connectivity index (χ3n) is 3.16. The van der Waals surface area contributed by atoms with Gasteiger partial charge < -0.3 is 5.73 Å². The van der Waals surface area contributed by atoms with Crippen LogP contribution in [0.2, 0.25) is 0 Å². The summed E-state index contributed by atoms with van der Waals surface area (Å²) in [6.45, 7) is 0.417. The normalized spacial score (nSPS) is 16.1. The quantitative estimate of drug-likeness (QED) is 0.806. The van der Waals surface area contributed by atoms with Crippen LogP contribution in [0, 0.1) is 0 Å². The maximum Gasteiger partial charge on any atom is 0.258 e. The largest absolute Gasteiger partial charge is 0.397 e. The average molecular weight is 281 g/mol. The zero-order chi connectivity index (χ0) is 13.7. The molecule has 0 aromatic carbocycles. The summed E-state index contributed by atoms with van der Waals surface area (Å²) >= 11 is 0. The summed E-state index contributed by atoms with van der Waals surface area (Å²) in [6, 6.07) is 2.95. The van der Waals surface area contributed by atoms with Crippen molar-refractivity contribution in [2.45, 2.75) is 37.1 Å². The number of hydrogen-bond acceptors (Lipinski definition) is 4. The van der Waals surface area contributed by atoms with Gasteiger partial charge in [-0.15, -0.1) is 0 Å². The standard InChI is InChI=1S/C13H19N3O2S/c14-12-6-7-13(15-10-12)19(17,18)16-9-8-11-4-2-1-3-5-11/h4,6-7,10,16H,1-3,5,8-9,14H2. The highest BCUT2D eigenvalue weighted by Crippen LogP contribution is 2.19. The van der Waals surface area contributed by atoms with Crippen LogP contribution in [0.1, 0.15) is 32.1 Å². The number of nitrogen functional groups attached to an aromatic ring is 1. The number of aromatic nitrogens is 1. The zero-order valence-electron chi connectivity index (χ0n) is 10.8. The van der Waals surface area contributed by atoms with Gasteiger partial charge in [0.25, 0.3) is 10.0 Å². The Hall–Kier alpha value is -1.40. The molecule has 2 rings (SSSR count). The topological polar surface area (TPSA) is 85.1 Å². The van der Waals surface area contributed by atoms with Crippen LogP contribution in [0.4, 0.5) is 5.69 Å². The predicted octanol–water partition coefficient (Wildman–Crippen LogP) is 1.83. The van der Waals surface area contributed by atoms with Crippen molar-refractivity contribution < 1.29 is 8.42 Å². The van der Waals surface area contributed by atoms with Crippen LogP contribution in [0.15, 0.2) is 35.0 Å². The lowest BCUT2D eigenvalue weighted by atomic mass is 9.97. The van der Waals surface area contributed by atoms with Gasteiger partial charge in [0.1, 0.15) is 0 Å². The van der Waals surface area contributed by atoms with Crippen molar-refractivity contribution in [2.75, 3.05) is 12.3 Å². The molecule has 0 saturated heterocycles. The molecular formula is C13H19N3O2S. The minimum Gasteiger partial charge on any atom is -0.397 e. The van der Waals surface area contributed by atoms with E-state index in [0.29, 0.717) is 12.2 Å². The summed E-state index contributed by atoms with van der Waals surface area (Å²) in [7, 11) is -3.52. The van der Waals surface area contributed by atoms with Crippen molar-refractivity contribution in [3.8, 4) is 0 Å². The number of rotatable bonds is 5. The lowest BCUT2D eigenvalue weighted by Crippen LogP contribution is -2.26. The highest BCUT2D eigenvalue weighted by atomic mass is 32.2. The monoisotopic (exact) mass is 281 g/mol. The molecule has 6 heteroatoms. The first kappa shape index (κ1) is 14.0. The Balaban J connectivity index is 1.90. The van der Waals surface area contributed by atoms with Crippen LogP contribution >= 0.6 is 0 Å². The van der Waals surface area contributed by atoms with Gasteiger partial charge in [-0.05, 0) is 44.2 Å². The second kappa shape index (κ2) is 6.16. The van der Waals surface area contributed by atoms with E-state index in [0.717, 1.165) is 19.3 Å². The van der Waals surface area contributed by atoms with Crippen molar-refractivity contribution in [1.82, 2.24) is 9.71 Å². The van der Waals surface area contributed by atoms with Crippen LogP contribution in [-0.4, -0.2) is 19.9 Å². The molecule has 0 atom stereocenters. The number of sulfonamides is 1. The third-order valence-corrected chi connectivity index (χ3v) is 4.53. The van der Waals surface area contributed by atoms with E-state index in [9.17, 15) is 8.42 Å². The molecule has 0 spiro atoms. The van der Waals surface area contributed by atoms with Gasteiger partial charge in [-0.1, -0.05) is 11.6 Å². The molecule has 1 aromatic rings. The second-order valence-electron chi connectivity index (χ2n) is 4.69. The van der Waals surface area contributed by atoms with E-state index in [-0.39, 0.29) is 5.03 Å². The summed E-state index contributed by atoms with van der Waals surface area (Å²) in [6.07, 6.45) is 8.98. The maximum atomic E-state index is 12.0. The molecule has 0 saturated carbocycles. The van der Waals surface area contributed by atoms with E-state index in [2.05, 4.69) is 15.8 Å². The molecule has 1 heterocycles. The lowest BCUT2D eigenvalue weighted by Gasteiger charge is -2.12. The van der Waals surface area contributed by atoms with Crippen molar-refractivity contribution >= 4 is 15.7 Å².